The molecule has 1 aromatic rings. The standard InChI is InChI=1S/C19H29N3O5/c1-13(2)10-16(19(25)27-5)21-18(24)12-22(3)11-17(23)20-14-6-8-15(26-4)9-7-14/h6-9,13,16H,10-12H2,1-5H3,(H,20,23)(H,21,24)/p+1/t16-/m0/s1. The molecule has 0 aliphatic rings. The SMILES string of the molecule is COC(=O)[C@H](CC(C)C)NC(=O)C[NH+](C)CC(=O)Nc1ccc(OC)cc1. The number of hydrogen-bond acceptors (Lipinski definition) is 5. The quantitative estimate of drug-likeness (QED) is 0.491. The van der Waals surface area contributed by atoms with Gasteiger partial charge in [-0.25, -0.2) is 4.79 Å². The van der Waals surface area contributed by atoms with E-state index in [0.29, 0.717) is 22.8 Å². The minimum Gasteiger partial charge on any atom is -0.497 e. The zero-order valence-corrected chi connectivity index (χ0v) is 16.6. The van der Waals surface area contributed by atoms with Crippen molar-refractivity contribution in [1.82, 2.24) is 5.32 Å². The summed E-state index contributed by atoms with van der Waals surface area (Å²) in [4.78, 5) is 36.8. The summed E-state index contributed by atoms with van der Waals surface area (Å²) in [6.07, 6.45) is 0.495. The molecule has 0 aliphatic carbocycles. The first-order chi connectivity index (χ1) is 12.7. The minimum absolute atomic E-state index is 0.0711. The molecule has 0 aromatic heterocycles. The lowest BCUT2D eigenvalue weighted by molar-refractivity contribution is -0.862. The Balaban J connectivity index is 2.48. The summed E-state index contributed by atoms with van der Waals surface area (Å²) >= 11 is 0. The van der Waals surface area contributed by atoms with Crippen molar-refractivity contribution in [2.24, 2.45) is 5.92 Å². The second-order valence-corrected chi connectivity index (χ2v) is 6.86. The maximum Gasteiger partial charge on any atom is 0.328 e. The van der Waals surface area contributed by atoms with Gasteiger partial charge in [-0.05, 0) is 36.6 Å². The summed E-state index contributed by atoms with van der Waals surface area (Å²) in [6, 6.07) is 6.31. The van der Waals surface area contributed by atoms with E-state index >= 15 is 0 Å². The monoisotopic (exact) mass is 380 g/mol. The molecule has 0 saturated carbocycles. The number of carbonyl (C=O) groups excluding carboxylic acids is 3. The van der Waals surface area contributed by atoms with Crippen molar-refractivity contribution in [3.05, 3.63) is 24.3 Å². The first-order valence-electron chi connectivity index (χ1n) is 8.87. The Labute approximate surface area is 160 Å². The van der Waals surface area contributed by atoms with Crippen molar-refractivity contribution in [3.63, 3.8) is 0 Å². The van der Waals surface area contributed by atoms with E-state index < -0.39 is 12.0 Å². The van der Waals surface area contributed by atoms with Gasteiger partial charge in [-0.3, -0.25) is 9.59 Å². The molecule has 150 valence electrons. The number of benzene rings is 1. The third-order valence-corrected chi connectivity index (χ3v) is 3.83. The molecule has 1 rings (SSSR count). The van der Waals surface area contributed by atoms with Crippen LogP contribution in [-0.4, -0.2) is 58.2 Å². The van der Waals surface area contributed by atoms with Crippen LogP contribution in [0.2, 0.25) is 0 Å². The molecular formula is C19H30N3O5+. The van der Waals surface area contributed by atoms with Crippen molar-refractivity contribution in [2.75, 3.05) is 39.7 Å². The number of rotatable bonds is 10. The van der Waals surface area contributed by atoms with Crippen molar-refractivity contribution in [1.29, 1.82) is 0 Å². The number of anilines is 1. The van der Waals surface area contributed by atoms with Crippen LogP contribution in [0.5, 0.6) is 5.75 Å². The normalized spacial score (nSPS) is 12.8. The fraction of sp³-hybridized carbons (Fsp3) is 0.526. The molecule has 0 spiro atoms. The predicted octanol–water partition coefficient (Wildman–Crippen LogP) is -0.148. The Morgan fingerprint density at radius 1 is 1.04 bits per heavy atom. The van der Waals surface area contributed by atoms with Crippen LogP contribution in [0.3, 0.4) is 0 Å². The number of ether oxygens (including phenoxy) is 2. The van der Waals surface area contributed by atoms with Crippen molar-refractivity contribution in [2.45, 2.75) is 26.3 Å². The van der Waals surface area contributed by atoms with E-state index in [4.69, 9.17) is 9.47 Å². The molecule has 8 heteroatoms. The van der Waals surface area contributed by atoms with Gasteiger partial charge in [0, 0.05) is 5.69 Å². The van der Waals surface area contributed by atoms with E-state index in [1.807, 2.05) is 13.8 Å². The fourth-order valence-electron chi connectivity index (χ4n) is 2.56. The first-order valence-corrected chi connectivity index (χ1v) is 8.87. The Morgan fingerprint density at radius 3 is 2.15 bits per heavy atom. The number of hydrogen-bond donors (Lipinski definition) is 3. The van der Waals surface area contributed by atoms with Gasteiger partial charge in [0.05, 0.1) is 21.3 Å². The molecule has 27 heavy (non-hydrogen) atoms. The Kier molecular flexibility index (Phi) is 9.29. The molecule has 1 aromatic carbocycles. The Hall–Kier alpha value is -2.61. The van der Waals surface area contributed by atoms with Gasteiger partial charge >= 0.3 is 5.97 Å². The molecule has 0 aliphatic heterocycles. The largest absolute Gasteiger partial charge is 0.497 e. The van der Waals surface area contributed by atoms with Crippen molar-refractivity contribution in [3.8, 4) is 5.75 Å². The third-order valence-electron chi connectivity index (χ3n) is 3.83. The molecule has 0 bridgehead atoms. The third kappa shape index (κ3) is 8.54. The summed E-state index contributed by atoms with van der Waals surface area (Å²) in [5.41, 5.74) is 0.653. The minimum atomic E-state index is -0.677. The summed E-state index contributed by atoms with van der Waals surface area (Å²) in [5.74, 6) is -0.0476. The summed E-state index contributed by atoms with van der Waals surface area (Å²) < 4.78 is 9.80. The highest BCUT2D eigenvalue weighted by Gasteiger charge is 2.24. The second-order valence-electron chi connectivity index (χ2n) is 6.86. The fourth-order valence-corrected chi connectivity index (χ4v) is 2.56. The first kappa shape index (κ1) is 22.4. The van der Waals surface area contributed by atoms with Crippen LogP contribution < -0.4 is 20.3 Å². The van der Waals surface area contributed by atoms with Crippen LogP contribution in [0, 0.1) is 5.92 Å². The molecule has 1 unspecified atom stereocenters. The molecular weight excluding hydrogens is 350 g/mol. The number of amides is 2. The van der Waals surface area contributed by atoms with E-state index in [1.165, 1.54) is 7.11 Å². The number of nitrogens with one attached hydrogen (secondary N) is 3. The van der Waals surface area contributed by atoms with Gasteiger partial charge in [-0.1, -0.05) is 13.8 Å². The van der Waals surface area contributed by atoms with Gasteiger partial charge < -0.3 is 25.0 Å². The Bertz CT molecular complexity index is 631. The molecule has 2 atom stereocenters. The van der Waals surface area contributed by atoms with E-state index in [-0.39, 0.29) is 30.8 Å². The zero-order chi connectivity index (χ0) is 20.4. The number of carbonyl (C=O) groups is 3. The number of esters is 1. The van der Waals surface area contributed by atoms with E-state index in [2.05, 4.69) is 10.6 Å². The molecule has 0 heterocycles. The second kappa shape index (κ2) is 11.2. The molecule has 3 N–H and O–H groups in total. The van der Waals surface area contributed by atoms with Crippen LogP contribution >= 0.6 is 0 Å². The van der Waals surface area contributed by atoms with E-state index in [9.17, 15) is 14.4 Å². The average molecular weight is 380 g/mol. The molecule has 0 fully saturated rings. The lowest BCUT2D eigenvalue weighted by atomic mass is 10.0. The topological polar surface area (TPSA) is 98.2 Å². The van der Waals surface area contributed by atoms with Crippen LogP contribution in [0.25, 0.3) is 0 Å². The average Bonchev–Trinajstić information content (AvgIpc) is 2.60. The van der Waals surface area contributed by atoms with Gasteiger partial charge in [0.15, 0.2) is 13.1 Å². The number of methoxy groups -OCH3 is 2. The van der Waals surface area contributed by atoms with Gasteiger partial charge in [-0.15, -0.1) is 0 Å². The molecule has 8 nitrogen and oxygen atoms in total. The summed E-state index contributed by atoms with van der Waals surface area (Å²) in [6.45, 7) is 4.11. The number of quaternary nitrogens is 1. The van der Waals surface area contributed by atoms with E-state index in [1.54, 1.807) is 38.4 Å². The van der Waals surface area contributed by atoms with Crippen molar-refractivity contribution < 1.29 is 28.8 Å². The molecule has 2 amide bonds. The lowest BCUT2D eigenvalue weighted by Crippen LogP contribution is -3.11. The van der Waals surface area contributed by atoms with Crippen molar-refractivity contribution >= 4 is 23.5 Å². The molecule has 0 radical (unpaired) electrons. The smallest absolute Gasteiger partial charge is 0.328 e. The van der Waals surface area contributed by atoms with Crippen LogP contribution in [0.4, 0.5) is 5.69 Å². The lowest BCUT2D eigenvalue weighted by Gasteiger charge is -2.19. The van der Waals surface area contributed by atoms with E-state index in [0.717, 1.165) is 0 Å². The number of likely N-dealkylation sites (N-methyl/N-ethyl adjacent to an activating group) is 1. The van der Waals surface area contributed by atoms with Gasteiger partial charge in [0.2, 0.25) is 0 Å². The highest BCUT2D eigenvalue weighted by molar-refractivity contribution is 5.91. The summed E-state index contributed by atoms with van der Waals surface area (Å²) in [7, 11) is 4.61. The zero-order valence-electron chi connectivity index (χ0n) is 16.6. The van der Waals surface area contributed by atoms with Crippen LogP contribution in [0.1, 0.15) is 20.3 Å². The van der Waals surface area contributed by atoms with Crippen LogP contribution in [0.15, 0.2) is 24.3 Å². The van der Waals surface area contributed by atoms with Gasteiger partial charge in [0.25, 0.3) is 11.8 Å². The predicted molar refractivity (Wildman–Crippen MR) is 102 cm³/mol. The maximum atomic E-state index is 12.2. The summed E-state index contributed by atoms with van der Waals surface area (Å²) in [5, 5.41) is 5.46. The Morgan fingerprint density at radius 2 is 1.63 bits per heavy atom. The molecule has 0 saturated heterocycles. The maximum absolute atomic E-state index is 12.2. The highest BCUT2D eigenvalue weighted by Crippen LogP contribution is 2.14. The highest BCUT2D eigenvalue weighted by atomic mass is 16.5. The van der Waals surface area contributed by atoms with Gasteiger partial charge in [-0.2, -0.15) is 0 Å². The van der Waals surface area contributed by atoms with Crippen LogP contribution in [-0.2, 0) is 19.1 Å². The van der Waals surface area contributed by atoms with Gasteiger partial charge in [0.1, 0.15) is 11.8 Å².